The van der Waals surface area contributed by atoms with E-state index in [1.807, 2.05) is 5.10 Å². The smallest absolute Gasteiger partial charge is 0.359 e. The van der Waals surface area contributed by atoms with Gasteiger partial charge in [0, 0.05) is 13.1 Å². The quantitative estimate of drug-likeness (QED) is 0.515. The van der Waals surface area contributed by atoms with Crippen LogP contribution in [0.2, 0.25) is 0 Å². The zero-order valence-corrected chi connectivity index (χ0v) is 17.5. The molecular weight excluding hydrogens is 429 g/mol. The number of hydrogen-bond acceptors (Lipinski definition) is 6. The zero-order chi connectivity index (χ0) is 22.6. The lowest BCUT2D eigenvalue weighted by molar-refractivity contribution is 0.0685. The first-order chi connectivity index (χ1) is 14.8. The second-order valence-electron chi connectivity index (χ2n) is 6.49. The van der Waals surface area contributed by atoms with Gasteiger partial charge in [0.1, 0.15) is 11.5 Å². The number of aromatic amines is 1. The molecule has 0 spiro atoms. The van der Waals surface area contributed by atoms with Crippen molar-refractivity contribution in [3.8, 4) is 11.5 Å². The average Bonchev–Trinajstić information content (AvgIpc) is 3.16. The number of ether oxygens (including phenoxy) is 2. The number of carboxylic acid groups (broad SMARTS) is 1. The molecular formula is C20H20FN3O6S. The van der Waals surface area contributed by atoms with Gasteiger partial charge in [0.15, 0.2) is 5.82 Å². The van der Waals surface area contributed by atoms with Gasteiger partial charge in [0.05, 0.1) is 14.2 Å². The fourth-order valence-corrected chi connectivity index (χ4v) is 4.23. The van der Waals surface area contributed by atoms with Crippen LogP contribution >= 0.6 is 0 Å². The molecule has 3 rings (SSSR count). The first-order valence-corrected chi connectivity index (χ1v) is 10.4. The van der Waals surface area contributed by atoms with E-state index in [4.69, 9.17) is 14.6 Å². The molecule has 0 fully saturated rings. The molecule has 2 N–H and O–H groups in total. The van der Waals surface area contributed by atoms with Gasteiger partial charge >= 0.3 is 5.97 Å². The van der Waals surface area contributed by atoms with E-state index in [2.05, 4.69) is 5.10 Å². The summed E-state index contributed by atoms with van der Waals surface area (Å²) in [5, 5.41) is 13.4. The van der Waals surface area contributed by atoms with Gasteiger partial charge in [0.25, 0.3) is 10.0 Å². The Morgan fingerprint density at radius 1 is 1.00 bits per heavy atom. The van der Waals surface area contributed by atoms with Gasteiger partial charge in [-0.05, 0) is 35.4 Å². The fourth-order valence-electron chi connectivity index (χ4n) is 2.85. The maximum Gasteiger partial charge on any atom is 0.359 e. The van der Waals surface area contributed by atoms with Crippen molar-refractivity contribution >= 4 is 16.0 Å². The van der Waals surface area contributed by atoms with Crippen molar-refractivity contribution in [3.63, 3.8) is 0 Å². The summed E-state index contributed by atoms with van der Waals surface area (Å²) >= 11 is 0. The highest BCUT2D eigenvalue weighted by Crippen LogP contribution is 2.25. The average molecular weight is 449 g/mol. The van der Waals surface area contributed by atoms with Gasteiger partial charge in [-0.1, -0.05) is 24.3 Å². The van der Waals surface area contributed by atoms with E-state index in [1.54, 1.807) is 48.5 Å². The Balaban J connectivity index is 1.99. The topological polar surface area (TPSA) is 122 Å². The summed E-state index contributed by atoms with van der Waals surface area (Å²) in [6.45, 7) is -0.196. The Morgan fingerprint density at radius 2 is 1.45 bits per heavy atom. The standard InChI is InChI=1S/C20H20FN3O6S/c1-29-15-7-3-13(4-8-15)11-24(12-14-5-9-16(30-2)10-6-14)31(27,28)19-17(21)18(20(25)26)22-23-19/h3-10H,11-12H2,1-2H3,(H,22,23)(H,25,26). The third kappa shape index (κ3) is 4.84. The lowest BCUT2D eigenvalue weighted by atomic mass is 10.2. The van der Waals surface area contributed by atoms with Crippen molar-refractivity contribution in [2.24, 2.45) is 0 Å². The summed E-state index contributed by atoms with van der Waals surface area (Å²) in [4.78, 5) is 11.1. The highest BCUT2D eigenvalue weighted by atomic mass is 32.2. The molecule has 0 atom stereocenters. The summed E-state index contributed by atoms with van der Waals surface area (Å²) in [5.74, 6) is -1.92. The number of hydrogen-bond donors (Lipinski definition) is 2. The molecule has 9 nitrogen and oxygen atoms in total. The summed E-state index contributed by atoms with van der Waals surface area (Å²) < 4.78 is 52.2. The Morgan fingerprint density at radius 3 is 1.81 bits per heavy atom. The second kappa shape index (κ2) is 9.14. The van der Waals surface area contributed by atoms with Crippen LogP contribution < -0.4 is 9.47 Å². The molecule has 11 heteroatoms. The van der Waals surface area contributed by atoms with E-state index in [0.717, 1.165) is 4.31 Å². The van der Waals surface area contributed by atoms with Crippen LogP contribution in [0.15, 0.2) is 53.6 Å². The molecule has 0 unspecified atom stereocenters. The van der Waals surface area contributed by atoms with Crippen LogP contribution in [0.3, 0.4) is 0 Å². The maximum absolute atomic E-state index is 14.5. The van der Waals surface area contributed by atoms with Crippen molar-refractivity contribution in [2.75, 3.05) is 14.2 Å². The Bertz CT molecular complexity index is 1110. The molecule has 0 aliphatic rings. The molecule has 2 aromatic carbocycles. The molecule has 0 amide bonds. The van der Waals surface area contributed by atoms with Crippen LogP contribution in [-0.2, 0) is 23.1 Å². The van der Waals surface area contributed by atoms with Crippen molar-refractivity contribution in [1.82, 2.24) is 14.5 Å². The molecule has 31 heavy (non-hydrogen) atoms. The van der Waals surface area contributed by atoms with Gasteiger partial charge in [-0.25, -0.2) is 17.6 Å². The number of aromatic carboxylic acids is 1. The maximum atomic E-state index is 14.5. The van der Waals surface area contributed by atoms with E-state index in [0.29, 0.717) is 22.6 Å². The molecule has 0 bridgehead atoms. The molecule has 1 aromatic heterocycles. The Kier molecular flexibility index (Phi) is 6.56. The molecule has 1 heterocycles. The molecule has 3 aromatic rings. The van der Waals surface area contributed by atoms with Gasteiger partial charge < -0.3 is 14.6 Å². The highest BCUT2D eigenvalue weighted by molar-refractivity contribution is 7.89. The van der Waals surface area contributed by atoms with E-state index in [9.17, 15) is 17.6 Å². The number of nitrogens with one attached hydrogen (secondary N) is 1. The summed E-state index contributed by atoms with van der Waals surface area (Å²) in [7, 11) is -1.44. The normalized spacial score (nSPS) is 11.5. The van der Waals surface area contributed by atoms with E-state index in [-0.39, 0.29) is 13.1 Å². The van der Waals surface area contributed by atoms with Crippen molar-refractivity contribution < 1.29 is 32.2 Å². The van der Waals surface area contributed by atoms with Crippen LogP contribution in [0.25, 0.3) is 0 Å². The number of H-pyrrole nitrogens is 1. The number of aromatic nitrogens is 2. The number of methoxy groups -OCH3 is 2. The highest BCUT2D eigenvalue weighted by Gasteiger charge is 2.33. The third-order valence-corrected chi connectivity index (χ3v) is 6.24. The lowest BCUT2D eigenvalue weighted by Gasteiger charge is -2.22. The Hall–Kier alpha value is -3.44. The molecule has 164 valence electrons. The SMILES string of the molecule is COc1ccc(CN(Cc2ccc(OC)cc2)S(=O)(=O)c2[nH]nc(C(=O)O)c2F)cc1. The largest absolute Gasteiger partial charge is 0.497 e. The number of benzene rings is 2. The van der Waals surface area contributed by atoms with Crippen molar-refractivity contribution in [3.05, 3.63) is 71.2 Å². The minimum atomic E-state index is -4.46. The van der Waals surface area contributed by atoms with Gasteiger partial charge in [-0.2, -0.15) is 9.40 Å². The predicted octanol–water partition coefficient (Wildman–Crippen LogP) is 2.66. The molecule has 0 aliphatic heterocycles. The molecule has 0 aliphatic carbocycles. The summed E-state index contributed by atoms with van der Waals surface area (Å²) in [6, 6.07) is 13.4. The monoisotopic (exact) mass is 449 g/mol. The predicted molar refractivity (Wildman–Crippen MR) is 108 cm³/mol. The van der Waals surface area contributed by atoms with E-state index >= 15 is 0 Å². The summed E-state index contributed by atoms with van der Waals surface area (Å²) in [6.07, 6.45) is 0. The summed E-state index contributed by atoms with van der Waals surface area (Å²) in [5.41, 5.74) is 0.250. The lowest BCUT2D eigenvalue weighted by Crippen LogP contribution is -2.31. The van der Waals surface area contributed by atoms with Crippen LogP contribution in [0.4, 0.5) is 4.39 Å². The minimum Gasteiger partial charge on any atom is -0.497 e. The van der Waals surface area contributed by atoms with Crippen LogP contribution in [0.5, 0.6) is 11.5 Å². The molecule has 0 radical (unpaired) electrons. The van der Waals surface area contributed by atoms with Crippen LogP contribution in [0.1, 0.15) is 21.6 Å². The number of sulfonamides is 1. The van der Waals surface area contributed by atoms with Gasteiger partial charge in [0.2, 0.25) is 10.7 Å². The van der Waals surface area contributed by atoms with E-state index < -0.39 is 32.5 Å². The Labute approximate surface area is 178 Å². The third-order valence-electron chi connectivity index (χ3n) is 4.51. The number of rotatable bonds is 9. The van der Waals surface area contributed by atoms with E-state index in [1.165, 1.54) is 14.2 Å². The number of nitrogens with zero attached hydrogens (tertiary/aromatic N) is 2. The van der Waals surface area contributed by atoms with Gasteiger partial charge in [-0.15, -0.1) is 0 Å². The fraction of sp³-hybridized carbons (Fsp3) is 0.200. The van der Waals surface area contributed by atoms with Gasteiger partial charge in [-0.3, -0.25) is 5.10 Å². The van der Waals surface area contributed by atoms with Crippen molar-refractivity contribution in [2.45, 2.75) is 18.1 Å². The zero-order valence-electron chi connectivity index (χ0n) is 16.7. The van der Waals surface area contributed by atoms with Crippen LogP contribution in [0, 0.1) is 5.82 Å². The van der Waals surface area contributed by atoms with Crippen molar-refractivity contribution in [1.29, 1.82) is 0 Å². The molecule has 0 saturated heterocycles. The first-order valence-electron chi connectivity index (χ1n) is 8.99. The molecule has 0 saturated carbocycles. The van der Waals surface area contributed by atoms with Crippen LogP contribution in [-0.4, -0.2) is 48.2 Å². The number of halogens is 1. The number of carbonyl (C=O) groups is 1. The number of carboxylic acids is 1. The second-order valence-corrected chi connectivity index (χ2v) is 8.36. The minimum absolute atomic E-state index is 0.0980. The first kappa shape index (κ1) is 22.2.